The predicted molar refractivity (Wildman–Crippen MR) is 92.8 cm³/mol. The first-order valence-corrected chi connectivity index (χ1v) is 8.69. The molecular formula is C20H25NO3. The number of nitrogens with one attached hydrogen (secondary N) is 1. The number of carbonyl (C=O) groups is 2. The molecule has 3 rings (SSSR count). The van der Waals surface area contributed by atoms with Crippen LogP contribution in [0.1, 0.15) is 57.9 Å². The van der Waals surface area contributed by atoms with Crippen LogP contribution in [-0.2, 0) is 9.59 Å². The molecule has 1 aromatic carbocycles. The molecule has 0 spiro atoms. The Labute approximate surface area is 143 Å². The second-order valence-electron chi connectivity index (χ2n) is 7.52. The number of hydrogen-bond acceptors (Lipinski definition) is 3. The van der Waals surface area contributed by atoms with Gasteiger partial charge >= 0.3 is 0 Å². The minimum atomic E-state index is -0.203. The fraction of sp³-hybridized carbons (Fsp3) is 0.500. The summed E-state index contributed by atoms with van der Waals surface area (Å²) in [5.74, 6) is 0.708. The number of rotatable bonds is 4. The lowest BCUT2D eigenvalue weighted by molar-refractivity contribution is -0.122. The molecule has 1 aliphatic carbocycles. The maximum atomic E-state index is 12.8. The molecular weight excluding hydrogens is 302 g/mol. The average molecular weight is 327 g/mol. The van der Waals surface area contributed by atoms with Gasteiger partial charge in [-0.25, -0.2) is 0 Å². The minimum absolute atomic E-state index is 0.0189. The summed E-state index contributed by atoms with van der Waals surface area (Å²) in [7, 11) is 0. The van der Waals surface area contributed by atoms with Crippen LogP contribution >= 0.6 is 0 Å². The molecule has 128 valence electrons. The molecule has 4 heteroatoms. The van der Waals surface area contributed by atoms with Crippen LogP contribution in [0.5, 0.6) is 5.75 Å². The van der Waals surface area contributed by atoms with Crippen LogP contribution in [0.15, 0.2) is 35.5 Å². The van der Waals surface area contributed by atoms with E-state index >= 15 is 0 Å². The first-order valence-electron chi connectivity index (χ1n) is 8.69. The summed E-state index contributed by atoms with van der Waals surface area (Å²) in [4.78, 5) is 25.1. The maximum Gasteiger partial charge on any atom is 0.225 e. The van der Waals surface area contributed by atoms with E-state index in [9.17, 15) is 9.59 Å². The zero-order valence-corrected chi connectivity index (χ0v) is 14.6. The number of amides is 1. The van der Waals surface area contributed by atoms with Gasteiger partial charge in [0.05, 0.1) is 6.61 Å². The molecule has 1 aromatic rings. The van der Waals surface area contributed by atoms with Crippen LogP contribution in [0.3, 0.4) is 0 Å². The Morgan fingerprint density at radius 2 is 1.96 bits per heavy atom. The number of hydrogen-bond donors (Lipinski definition) is 1. The van der Waals surface area contributed by atoms with E-state index in [4.69, 9.17) is 4.74 Å². The standard InChI is InChI=1S/C20H25NO3/c1-4-9-24-17-8-6-5-7-13(17)14-10-18(23)21-15-11-20(2,3)12-16(22)19(14)15/h5-8,14H,4,9-12H2,1-3H3,(H,21,23)/t14-/m0/s1. The van der Waals surface area contributed by atoms with Gasteiger partial charge in [0.2, 0.25) is 5.91 Å². The first-order chi connectivity index (χ1) is 11.4. The topological polar surface area (TPSA) is 55.4 Å². The third-order valence-corrected chi connectivity index (χ3v) is 4.70. The number of allylic oxidation sites excluding steroid dienone is 2. The van der Waals surface area contributed by atoms with Gasteiger partial charge in [0.25, 0.3) is 0 Å². The Balaban J connectivity index is 2.04. The van der Waals surface area contributed by atoms with Crippen molar-refractivity contribution in [2.24, 2.45) is 5.41 Å². The van der Waals surface area contributed by atoms with E-state index in [1.165, 1.54) is 0 Å². The van der Waals surface area contributed by atoms with E-state index in [0.29, 0.717) is 19.4 Å². The molecule has 0 aromatic heterocycles. The van der Waals surface area contributed by atoms with Gasteiger partial charge < -0.3 is 10.1 Å². The molecule has 0 radical (unpaired) electrons. The first kappa shape index (κ1) is 16.7. The Kier molecular flexibility index (Phi) is 4.48. The second kappa shape index (κ2) is 6.42. The zero-order valence-electron chi connectivity index (χ0n) is 14.6. The molecule has 0 saturated carbocycles. The average Bonchev–Trinajstić information content (AvgIpc) is 2.50. The van der Waals surface area contributed by atoms with Gasteiger partial charge in [0.1, 0.15) is 5.75 Å². The quantitative estimate of drug-likeness (QED) is 0.917. The van der Waals surface area contributed by atoms with Gasteiger partial charge in [0, 0.05) is 35.6 Å². The summed E-state index contributed by atoms with van der Waals surface area (Å²) in [5.41, 5.74) is 2.43. The van der Waals surface area contributed by atoms with Crippen LogP contribution < -0.4 is 10.1 Å². The van der Waals surface area contributed by atoms with Crippen molar-refractivity contribution in [2.75, 3.05) is 6.61 Å². The summed E-state index contributed by atoms with van der Waals surface area (Å²) in [5, 5.41) is 2.95. The maximum absolute atomic E-state index is 12.8. The summed E-state index contributed by atoms with van der Waals surface area (Å²) in [6.07, 6.45) is 2.47. The van der Waals surface area contributed by atoms with Crippen LogP contribution in [0.25, 0.3) is 0 Å². The summed E-state index contributed by atoms with van der Waals surface area (Å²) in [6, 6.07) is 7.78. The van der Waals surface area contributed by atoms with Crippen LogP contribution in [0, 0.1) is 5.41 Å². The fourth-order valence-electron chi connectivity index (χ4n) is 3.73. The summed E-state index contributed by atoms with van der Waals surface area (Å²) in [6.45, 7) is 6.83. The number of para-hydroxylation sites is 1. The van der Waals surface area contributed by atoms with Gasteiger partial charge in [0.15, 0.2) is 5.78 Å². The molecule has 1 heterocycles. The van der Waals surface area contributed by atoms with Gasteiger partial charge in [-0.3, -0.25) is 9.59 Å². The molecule has 1 N–H and O–H groups in total. The molecule has 0 bridgehead atoms. The van der Waals surface area contributed by atoms with E-state index in [0.717, 1.165) is 35.4 Å². The largest absolute Gasteiger partial charge is 0.493 e. The monoisotopic (exact) mass is 327 g/mol. The Morgan fingerprint density at radius 1 is 1.21 bits per heavy atom. The molecule has 1 aliphatic heterocycles. The lowest BCUT2D eigenvalue weighted by atomic mass is 9.70. The molecule has 4 nitrogen and oxygen atoms in total. The Morgan fingerprint density at radius 3 is 2.71 bits per heavy atom. The molecule has 2 aliphatic rings. The highest BCUT2D eigenvalue weighted by Crippen LogP contribution is 2.45. The van der Waals surface area contributed by atoms with E-state index in [-0.39, 0.29) is 23.0 Å². The summed E-state index contributed by atoms with van der Waals surface area (Å²) >= 11 is 0. The number of Topliss-reactive ketones (excluding diaryl/α,β-unsaturated/α-hetero) is 1. The Bertz CT molecular complexity index is 703. The molecule has 0 unspecified atom stereocenters. The predicted octanol–water partition coefficient (Wildman–Crippen LogP) is 3.72. The molecule has 0 saturated heterocycles. The van der Waals surface area contributed by atoms with Gasteiger partial charge in [-0.2, -0.15) is 0 Å². The molecule has 1 atom stereocenters. The Hall–Kier alpha value is -2.10. The van der Waals surface area contributed by atoms with Crippen molar-refractivity contribution in [1.29, 1.82) is 0 Å². The third-order valence-electron chi connectivity index (χ3n) is 4.70. The zero-order chi connectivity index (χ0) is 17.3. The van der Waals surface area contributed by atoms with Crippen molar-refractivity contribution >= 4 is 11.7 Å². The van der Waals surface area contributed by atoms with Crippen molar-refractivity contribution in [2.45, 2.75) is 52.4 Å². The van der Waals surface area contributed by atoms with Crippen LogP contribution in [-0.4, -0.2) is 18.3 Å². The van der Waals surface area contributed by atoms with Crippen molar-refractivity contribution < 1.29 is 14.3 Å². The third kappa shape index (κ3) is 3.23. The molecule has 24 heavy (non-hydrogen) atoms. The van der Waals surface area contributed by atoms with Crippen LogP contribution in [0.4, 0.5) is 0 Å². The number of benzene rings is 1. The van der Waals surface area contributed by atoms with E-state index in [1.54, 1.807) is 0 Å². The highest BCUT2D eigenvalue weighted by atomic mass is 16.5. The highest BCUT2D eigenvalue weighted by Gasteiger charge is 2.41. The van der Waals surface area contributed by atoms with Crippen molar-refractivity contribution in [3.63, 3.8) is 0 Å². The SMILES string of the molecule is CCCOc1ccccc1[C@@H]1CC(=O)NC2=C1C(=O)CC(C)(C)C2. The van der Waals surface area contributed by atoms with Gasteiger partial charge in [-0.05, 0) is 24.3 Å². The van der Waals surface area contributed by atoms with E-state index < -0.39 is 0 Å². The fourth-order valence-corrected chi connectivity index (χ4v) is 3.73. The van der Waals surface area contributed by atoms with Crippen molar-refractivity contribution in [3.05, 3.63) is 41.1 Å². The van der Waals surface area contributed by atoms with Crippen molar-refractivity contribution in [1.82, 2.24) is 5.32 Å². The lowest BCUT2D eigenvalue weighted by Gasteiger charge is -2.38. The van der Waals surface area contributed by atoms with Gasteiger partial charge in [-0.1, -0.05) is 39.0 Å². The smallest absolute Gasteiger partial charge is 0.225 e. The van der Waals surface area contributed by atoms with E-state index in [2.05, 4.69) is 26.1 Å². The molecule has 0 fully saturated rings. The summed E-state index contributed by atoms with van der Waals surface area (Å²) < 4.78 is 5.87. The van der Waals surface area contributed by atoms with Crippen LogP contribution in [0.2, 0.25) is 0 Å². The lowest BCUT2D eigenvalue weighted by Crippen LogP contribution is -2.40. The van der Waals surface area contributed by atoms with Crippen molar-refractivity contribution in [3.8, 4) is 5.75 Å². The molecule has 1 amide bonds. The second-order valence-corrected chi connectivity index (χ2v) is 7.52. The highest BCUT2D eigenvalue weighted by molar-refractivity contribution is 6.02. The number of ether oxygens (including phenoxy) is 1. The normalized spacial score (nSPS) is 22.9. The van der Waals surface area contributed by atoms with E-state index in [1.807, 2.05) is 24.3 Å². The minimum Gasteiger partial charge on any atom is -0.493 e. The van der Waals surface area contributed by atoms with Gasteiger partial charge in [-0.15, -0.1) is 0 Å². The number of carbonyl (C=O) groups excluding carboxylic acids is 2. The number of ketones is 1.